The van der Waals surface area contributed by atoms with Crippen molar-refractivity contribution < 1.29 is 4.52 Å². The van der Waals surface area contributed by atoms with Gasteiger partial charge in [0.2, 0.25) is 5.89 Å². The van der Waals surface area contributed by atoms with E-state index in [2.05, 4.69) is 20.4 Å². The number of piperazine rings is 1. The highest BCUT2D eigenvalue weighted by atomic mass is 16.5. The standard InChI is InChI=1S/C13H22N4O/c1-2-5-13(6-3-1)10-17(9-7-15-13)8-4-12-14-11-16-18-12/h11,15H,1-10H2. The molecule has 0 unspecified atom stereocenters. The zero-order valence-corrected chi connectivity index (χ0v) is 10.9. The van der Waals surface area contributed by atoms with Gasteiger partial charge in [0.25, 0.3) is 0 Å². The molecule has 5 nitrogen and oxygen atoms in total. The maximum atomic E-state index is 5.06. The highest BCUT2D eigenvalue weighted by molar-refractivity contribution is 4.97. The van der Waals surface area contributed by atoms with E-state index in [4.69, 9.17) is 4.52 Å². The summed E-state index contributed by atoms with van der Waals surface area (Å²) >= 11 is 0. The van der Waals surface area contributed by atoms with E-state index in [1.54, 1.807) is 0 Å². The van der Waals surface area contributed by atoms with Crippen LogP contribution in [-0.4, -0.2) is 46.8 Å². The van der Waals surface area contributed by atoms with E-state index >= 15 is 0 Å². The van der Waals surface area contributed by atoms with E-state index in [0.29, 0.717) is 5.54 Å². The van der Waals surface area contributed by atoms with Crippen LogP contribution in [0.25, 0.3) is 0 Å². The molecule has 0 atom stereocenters. The fourth-order valence-electron chi connectivity index (χ4n) is 3.36. The largest absolute Gasteiger partial charge is 0.340 e. The zero-order chi connectivity index (χ0) is 12.3. The molecular formula is C13H22N4O. The van der Waals surface area contributed by atoms with Crippen LogP contribution in [0, 0.1) is 0 Å². The molecule has 1 aliphatic carbocycles. The smallest absolute Gasteiger partial charge is 0.227 e. The minimum atomic E-state index is 0.394. The van der Waals surface area contributed by atoms with Gasteiger partial charge in [0.1, 0.15) is 0 Å². The van der Waals surface area contributed by atoms with Crippen molar-refractivity contribution in [2.45, 2.75) is 44.1 Å². The first kappa shape index (κ1) is 12.1. The van der Waals surface area contributed by atoms with Crippen LogP contribution in [0.2, 0.25) is 0 Å². The number of rotatable bonds is 3. The van der Waals surface area contributed by atoms with Gasteiger partial charge in [-0.3, -0.25) is 4.90 Å². The van der Waals surface area contributed by atoms with Gasteiger partial charge in [-0.2, -0.15) is 4.98 Å². The molecule has 1 aromatic heterocycles. The quantitative estimate of drug-likeness (QED) is 0.874. The van der Waals surface area contributed by atoms with E-state index < -0.39 is 0 Å². The molecule has 0 aromatic carbocycles. The Kier molecular flexibility index (Phi) is 3.61. The van der Waals surface area contributed by atoms with Gasteiger partial charge >= 0.3 is 0 Å². The lowest BCUT2D eigenvalue weighted by Crippen LogP contribution is -2.61. The van der Waals surface area contributed by atoms with Crippen LogP contribution in [0.5, 0.6) is 0 Å². The summed E-state index contributed by atoms with van der Waals surface area (Å²) in [7, 11) is 0. The van der Waals surface area contributed by atoms with Crippen molar-refractivity contribution in [2.75, 3.05) is 26.2 Å². The van der Waals surface area contributed by atoms with Gasteiger partial charge in [-0.1, -0.05) is 24.4 Å². The van der Waals surface area contributed by atoms with Gasteiger partial charge in [0, 0.05) is 38.1 Å². The molecule has 1 N–H and O–H groups in total. The SMILES string of the molecule is c1noc(CCN2CCNC3(CCCCC3)C2)n1. The Morgan fingerprint density at radius 3 is 3.00 bits per heavy atom. The lowest BCUT2D eigenvalue weighted by molar-refractivity contribution is 0.0986. The Morgan fingerprint density at radius 2 is 2.22 bits per heavy atom. The molecule has 2 aliphatic rings. The topological polar surface area (TPSA) is 54.2 Å². The summed E-state index contributed by atoms with van der Waals surface area (Å²) in [6.45, 7) is 4.46. The molecule has 5 heteroatoms. The average molecular weight is 250 g/mol. The summed E-state index contributed by atoms with van der Waals surface area (Å²) in [5.74, 6) is 0.756. The first-order chi connectivity index (χ1) is 8.86. The van der Waals surface area contributed by atoms with Crippen LogP contribution in [0.1, 0.15) is 38.0 Å². The molecule has 1 aliphatic heterocycles. The number of hydrogen-bond donors (Lipinski definition) is 1. The van der Waals surface area contributed by atoms with Gasteiger partial charge in [-0.05, 0) is 12.8 Å². The third-order valence-electron chi connectivity index (χ3n) is 4.31. The molecule has 1 saturated carbocycles. The Hall–Kier alpha value is -0.940. The molecule has 2 fully saturated rings. The molecule has 100 valence electrons. The highest BCUT2D eigenvalue weighted by Crippen LogP contribution is 2.30. The molecule has 3 rings (SSSR count). The second-order valence-corrected chi connectivity index (χ2v) is 5.63. The van der Waals surface area contributed by atoms with E-state index in [-0.39, 0.29) is 0 Å². The molecule has 0 radical (unpaired) electrons. The van der Waals surface area contributed by atoms with Crippen molar-refractivity contribution in [3.05, 3.63) is 12.2 Å². The summed E-state index contributed by atoms with van der Waals surface area (Å²) < 4.78 is 5.06. The third kappa shape index (κ3) is 2.72. The van der Waals surface area contributed by atoms with Gasteiger partial charge in [0.15, 0.2) is 6.33 Å². The number of nitrogens with one attached hydrogen (secondary N) is 1. The van der Waals surface area contributed by atoms with Crippen molar-refractivity contribution in [3.63, 3.8) is 0 Å². The second-order valence-electron chi connectivity index (χ2n) is 5.63. The third-order valence-corrected chi connectivity index (χ3v) is 4.31. The second kappa shape index (κ2) is 5.36. The maximum Gasteiger partial charge on any atom is 0.227 e. The summed E-state index contributed by atoms with van der Waals surface area (Å²) in [6, 6.07) is 0. The predicted octanol–water partition coefficient (Wildman–Crippen LogP) is 1.22. The van der Waals surface area contributed by atoms with Gasteiger partial charge in [0.05, 0.1) is 0 Å². The molecule has 1 saturated heterocycles. The first-order valence-corrected chi connectivity index (χ1v) is 7.09. The Morgan fingerprint density at radius 1 is 1.33 bits per heavy atom. The van der Waals surface area contributed by atoms with Crippen molar-refractivity contribution in [3.8, 4) is 0 Å². The van der Waals surface area contributed by atoms with Crippen LogP contribution < -0.4 is 5.32 Å². The Labute approximate surface area is 108 Å². The first-order valence-electron chi connectivity index (χ1n) is 7.09. The molecule has 1 spiro atoms. The van der Waals surface area contributed by atoms with Gasteiger partial charge in [-0.25, -0.2) is 0 Å². The lowest BCUT2D eigenvalue weighted by atomic mass is 9.80. The number of hydrogen-bond acceptors (Lipinski definition) is 5. The van der Waals surface area contributed by atoms with Crippen LogP contribution in [0.15, 0.2) is 10.9 Å². The molecule has 0 amide bonds. The van der Waals surface area contributed by atoms with Crippen molar-refractivity contribution in [1.82, 2.24) is 20.4 Å². The summed E-state index contributed by atoms with van der Waals surface area (Å²) in [6.07, 6.45) is 9.19. The van der Waals surface area contributed by atoms with E-state index in [1.807, 2.05) is 0 Å². The molecule has 0 bridgehead atoms. The van der Waals surface area contributed by atoms with Gasteiger partial charge < -0.3 is 9.84 Å². The van der Waals surface area contributed by atoms with Crippen molar-refractivity contribution >= 4 is 0 Å². The van der Waals surface area contributed by atoms with E-state index in [9.17, 15) is 0 Å². The fraction of sp³-hybridized carbons (Fsp3) is 0.846. The summed E-state index contributed by atoms with van der Waals surface area (Å²) in [5.41, 5.74) is 0.394. The van der Waals surface area contributed by atoms with E-state index in [0.717, 1.165) is 31.9 Å². The minimum absolute atomic E-state index is 0.394. The Bertz CT molecular complexity index is 354. The van der Waals surface area contributed by atoms with E-state index in [1.165, 1.54) is 45.0 Å². The average Bonchev–Trinajstić information content (AvgIpc) is 2.91. The number of nitrogens with zero attached hydrogens (tertiary/aromatic N) is 3. The lowest BCUT2D eigenvalue weighted by Gasteiger charge is -2.46. The van der Waals surface area contributed by atoms with Crippen molar-refractivity contribution in [1.29, 1.82) is 0 Å². The molecule has 1 aromatic rings. The molecule has 2 heterocycles. The van der Waals surface area contributed by atoms with Gasteiger partial charge in [-0.15, -0.1) is 0 Å². The fourth-order valence-corrected chi connectivity index (χ4v) is 3.36. The predicted molar refractivity (Wildman–Crippen MR) is 68.3 cm³/mol. The zero-order valence-electron chi connectivity index (χ0n) is 10.9. The van der Waals surface area contributed by atoms with Crippen LogP contribution in [0.4, 0.5) is 0 Å². The summed E-state index contributed by atoms with van der Waals surface area (Å²) in [5, 5.41) is 7.42. The monoisotopic (exact) mass is 250 g/mol. The van der Waals surface area contributed by atoms with Crippen molar-refractivity contribution in [2.24, 2.45) is 0 Å². The van der Waals surface area contributed by atoms with Crippen LogP contribution in [0.3, 0.4) is 0 Å². The molecular weight excluding hydrogens is 228 g/mol. The minimum Gasteiger partial charge on any atom is -0.340 e. The highest BCUT2D eigenvalue weighted by Gasteiger charge is 2.35. The molecule has 18 heavy (non-hydrogen) atoms. The van der Waals surface area contributed by atoms with Crippen LogP contribution >= 0.6 is 0 Å². The van der Waals surface area contributed by atoms with Crippen LogP contribution in [-0.2, 0) is 6.42 Å². The number of aromatic nitrogens is 2. The maximum absolute atomic E-state index is 5.06. The summed E-state index contributed by atoms with van der Waals surface area (Å²) in [4.78, 5) is 6.63. The normalized spacial score (nSPS) is 24.4. The Balaban J connectivity index is 1.53.